The maximum absolute atomic E-state index is 12.1. The van der Waals surface area contributed by atoms with Crippen molar-refractivity contribution in [3.8, 4) is 0 Å². The summed E-state index contributed by atoms with van der Waals surface area (Å²) in [7, 11) is -3.17. The van der Waals surface area contributed by atoms with Crippen LogP contribution < -0.4 is 11.1 Å². The lowest BCUT2D eigenvalue weighted by Gasteiger charge is -2.26. The SMILES string of the molecule is NC(C(=O)NCCCS(=O)(=O)Cc1ccccc1)C1CCOCC1. The van der Waals surface area contributed by atoms with Crippen LogP contribution in [0.4, 0.5) is 0 Å². The molecule has 1 aliphatic rings. The molecule has 0 saturated carbocycles. The van der Waals surface area contributed by atoms with E-state index in [1.54, 1.807) is 12.1 Å². The van der Waals surface area contributed by atoms with Crippen LogP contribution in [-0.4, -0.2) is 45.9 Å². The maximum Gasteiger partial charge on any atom is 0.237 e. The van der Waals surface area contributed by atoms with Crippen molar-refractivity contribution in [1.82, 2.24) is 5.32 Å². The summed E-state index contributed by atoms with van der Waals surface area (Å²) in [5, 5.41) is 2.75. The molecule has 6 nitrogen and oxygen atoms in total. The maximum atomic E-state index is 12.1. The van der Waals surface area contributed by atoms with E-state index in [1.807, 2.05) is 18.2 Å². The van der Waals surface area contributed by atoms with Crippen LogP contribution in [0.2, 0.25) is 0 Å². The van der Waals surface area contributed by atoms with Gasteiger partial charge in [-0.3, -0.25) is 4.79 Å². The molecule has 1 atom stereocenters. The Balaban J connectivity index is 1.68. The predicted molar refractivity (Wildman–Crippen MR) is 93.1 cm³/mol. The topological polar surface area (TPSA) is 98.5 Å². The van der Waals surface area contributed by atoms with Gasteiger partial charge in [-0.25, -0.2) is 8.42 Å². The first-order chi connectivity index (χ1) is 11.5. The molecule has 0 aromatic heterocycles. The van der Waals surface area contributed by atoms with Gasteiger partial charge in [0.25, 0.3) is 0 Å². The average Bonchev–Trinajstić information content (AvgIpc) is 2.59. The lowest BCUT2D eigenvalue weighted by atomic mass is 9.92. The molecule has 1 unspecified atom stereocenters. The van der Waals surface area contributed by atoms with Gasteiger partial charge in [-0.1, -0.05) is 30.3 Å². The molecule has 0 aliphatic carbocycles. The van der Waals surface area contributed by atoms with Crippen molar-refractivity contribution in [2.75, 3.05) is 25.5 Å². The smallest absolute Gasteiger partial charge is 0.237 e. The Hall–Kier alpha value is -1.44. The van der Waals surface area contributed by atoms with E-state index in [2.05, 4.69) is 5.32 Å². The quantitative estimate of drug-likeness (QED) is 0.675. The highest BCUT2D eigenvalue weighted by Crippen LogP contribution is 2.17. The van der Waals surface area contributed by atoms with Crippen LogP contribution in [0.3, 0.4) is 0 Å². The number of benzene rings is 1. The van der Waals surface area contributed by atoms with Gasteiger partial charge in [0.05, 0.1) is 17.5 Å². The standard InChI is InChI=1S/C17H26N2O4S/c18-16(15-7-10-23-11-8-15)17(20)19-9-4-12-24(21,22)13-14-5-2-1-3-6-14/h1-3,5-6,15-16H,4,7-13,18H2,(H,19,20). The third-order valence-corrected chi connectivity index (χ3v) is 5.92. The van der Waals surface area contributed by atoms with Crippen molar-refractivity contribution < 1.29 is 17.9 Å². The Labute approximate surface area is 143 Å². The second kappa shape index (κ2) is 9.15. The summed E-state index contributed by atoms with van der Waals surface area (Å²) in [6.07, 6.45) is 1.97. The molecule has 1 fully saturated rings. The van der Waals surface area contributed by atoms with Crippen molar-refractivity contribution in [2.45, 2.75) is 31.1 Å². The van der Waals surface area contributed by atoms with Crippen LogP contribution in [0.1, 0.15) is 24.8 Å². The minimum Gasteiger partial charge on any atom is -0.381 e. The van der Waals surface area contributed by atoms with Gasteiger partial charge in [-0.15, -0.1) is 0 Å². The molecule has 0 bridgehead atoms. The zero-order chi connectivity index (χ0) is 17.4. The fourth-order valence-corrected chi connectivity index (χ4v) is 4.24. The Bertz CT molecular complexity index is 613. The monoisotopic (exact) mass is 354 g/mol. The van der Waals surface area contributed by atoms with E-state index in [0.29, 0.717) is 26.2 Å². The normalized spacial score (nSPS) is 17.4. The number of hydrogen-bond donors (Lipinski definition) is 2. The Kier molecular flexibility index (Phi) is 7.20. The van der Waals surface area contributed by atoms with Gasteiger partial charge in [0.15, 0.2) is 9.84 Å². The molecule has 1 saturated heterocycles. The first kappa shape index (κ1) is 18.9. The number of carbonyl (C=O) groups excluding carboxylic acids is 1. The van der Waals surface area contributed by atoms with Crippen LogP contribution >= 0.6 is 0 Å². The zero-order valence-corrected chi connectivity index (χ0v) is 14.6. The zero-order valence-electron chi connectivity index (χ0n) is 13.8. The Morgan fingerprint density at radius 1 is 1.25 bits per heavy atom. The molecule has 24 heavy (non-hydrogen) atoms. The van der Waals surface area contributed by atoms with E-state index in [4.69, 9.17) is 10.5 Å². The first-order valence-electron chi connectivity index (χ1n) is 8.33. The van der Waals surface area contributed by atoms with Gasteiger partial charge in [0.1, 0.15) is 0 Å². The molecular formula is C17H26N2O4S. The number of hydrogen-bond acceptors (Lipinski definition) is 5. The summed E-state index contributed by atoms with van der Waals surface area (Å²) >= 11 is 0. The Morgan fingerprint density at radius 3 is 2.58 bits per heavy atom. The van der Waals surface area contributed by atoms with Gasteiger partial charge < -0.3 is 15.8 Å². The number of ether oxygens (including phenoxy) is 1. The third kappa shape index (κ3) is 6.22. The molecule has 1 aromatic rings. The summed E-state index contributed by atoms with van der Waals surface area (Å²) in [5.74, 6) is 0.0147. The summed E-state index contributed by atoms with van der Waals surface area (Å²) in [6, 6.07) is 8.55. The molecule has 1 heterocycles. The fraction of sp³-hybridized carbons (Fsp3) is 0.588. The lowest BCUT2D eigenvalue weighted by molar-refractivity contribution is -0.124. The van der Waals surface area contributed by atoms with E-state index in [9.17, 15) is 13.2 Å². The predicted octanol–water partition coefficient (Wildman–Crippen LogP) is 0.862. The molecule has 7 heteroatoms. The molecule has 3 N–H and O–H groups in total. The number of amides is 1. The van der Waals surface area contributed by atoms with E-state index in [-0.39, 0.29) is 23.3 Å². The summed E-state index contributed by atoms with van der Waals surface area (Å²) in [4.78, 5) is 12.0. The van der Waals surface area contributed by atoms with Crippen molar-refractivity contribution >= 4 is 15.7 Å². The van der Waals surface area contributed by atoms with Crippen molar-refractivity contribution in [2.24, 2.45) is 11.7 Å². The highest BCUT2D eigenvalue weighted by atomic mass is 32.2. The number of nitrogens with two attached hydrogens (primary N) is 1. The van der Waals surface area contributed by atoms with Crippen LogP contribution in [0.15, 0.2) is 30.3 Å². The highest BCUT2D eigenvalue weighted by Gasteiger charge is 2.26. The molecular weight excluding hydrogens is 328 g/mol. The summed E-state index contributed by atoms with van der Waals surface area (Å²) in [5.41, 5.74) is 6.76. The molecule has 134 valence electrons. The van der Waals surface area contributed by atoms with Crippen LogP contribution in [0.25, 0.3) is 0 Å². The van der Waals surface area contributed by atoms with Gasteiger partial charge in [0, 0.05) is 19.8 Å². The fourth-order valence-electron chi connectivity index (χ4n) is 2.81. The van der Waals surface area contributed by atoms with E-state index < -0.39 is 15.9 Å². The summed E-state index contributed by atoms with van der Waals surface area (Å²) < 4.78 is 29.4. The van der Waals surface area contributed by atoms with Crippen molar-refractivity contribution in [3.63, 3.8) is 0 Å². The minimum absolute atomic E-state index is 0.0311. The number of carbonyl (C=O) groups is 1. The summed E-state index contributed by atoms with van der Waals surface area (Å²) in [6.45, 7) is 1.61. The second-order valence-corrected chi connectivity index (χ2v) is 8.38. The van der Waals surface area contributed by atoms with Gasteiger partial charge in [-0.05, 0) is 30.7 Å². The average molecular weight is 354 g/mol. The van der Waals surface area contributed by atoms with E-state index >= 15 is 0 Å². The van der Waals surface area contributed by atoms with E-state index in [0.717, 1.165) is 18.4 Å². The van der Waals surface area contributed by atoms with Crippen LogP contribution in [0.5, 0.6) is 0 Å². The molecule has 1 aliphatic heterocycles. The van der Waals surface area contributed by atoms with Crippen LogP contribution in [-0.2, 0) is 25.1 Å². The van der Waals surface area contributed by atoms with Gasteiger partial charge >= 0.3 is 0 Å². The minimum atomic E-state index is -3.17. The van der Waals surface area contributed by atoms with Gasteiger partial charge in [-0.2, -0.15) is 0 Å². The van der Waals surface area contributed by atoms with Crippen molar-refractivity contribution in [3.05, 3.63) is 35.9 Å². The third-order valence-electron chi connectivity index (χ3n) is 4.24. The first-order valence-corrected chi connectivity index (χ1v) is 10.2. The number of sulfone groups is 1. The van der Waals surface area contributed by atoms with Crippen molar-refractivity contribution in [1.29, 1.82) is 0 Å². The van der Waals surface area contributed by atoms with Crippen LogP contribution in [0, 0.1) is 5.92 Å². The molecule has 0 spiro atoms. The molecule has 1 aromatic carbocycles. The largest absolute Gasteiger partial charge is 0.381 e. The van der Waals surface area contributed by atoms with E-state index in [1.165, 1.54) is 0 Å². The highest BCUT2D eigenvalue weighted by molar-refractivity contribution is 7.90. The molecule has 2 rings (SSSR count). The molecule has 0 radical (unpaired) electrons. The number of nitrogens with one attached hydrogen (secondary N) is 1. The number of rotatable bonds is 8. The molecule has 1 amide bonds. The second-order valence-electron chi connectivity index (χ2n) is 6.20. The van der Waals surface area contributed by atoms with Gasteiger partial charge in [0.2, 0.25) is 5.91 Å². The Morgan fingerprint density at radius 2 is 1.92 bits per heavy atom. The lowest BCUT2D eigenvalue weighted by Crippen LogP contribution is -2.47.